The average molecular weight is 154 g/mol. The smallest absolute Gasteiger partial charge is 0.176 e. The third kappa shape index (κ3) is 1.57. The van der Waals surface area contributed by atoms with Gasteiger partial charge in [-0.1, -0.05) is 12.1 Å². The van der Waals surface area contributed by atoms with Crippen molar-refractivity contribution in [2.45, 2.75) is 4.90 Å². The van der Waals surface area contributed by atoms with Crippen molar-refractivity contribution in [3.05, 3.63) is 30.3 Å². The zero-order chi connectivity index (χ0) is 7.61. The molecule has 0 bridgehead atoms. The van der Waals surface area contributed by atoms with Gasteiger partial charge >= 0.3 is 0 Å². The van der Waals surface area contributed by atoms with E-state index in [1.54, 1.807) is 6.07 Å². The molecular formula is C7H6O2S. The lowest BCUT2D eigenvalue weighted by molar-refractivity contribution is 0.601. The fourth-order valence-corrected chi connectivity index (χ4v) is 1.12. The van der Waals surface area contributed by atoms with Gasteiger partial charge in [0.15, 0.2) is 9.84 Å². The molecule has 10 heavy (non-hydrogen) atoms. The molecule has 0 spiro atoms. The van der Waals surface area contributed by atoms with E-state index >= 15 is 0 Å². The minimum Gasteiger partial charge on any atom is -0.224 e. The Balaban J connectivity index is 3.22. The fraction of sp³-hybridized carbons (Fsp3) is 0.143. The Morgan fingerprint density at radius 3 is 2.40 bits per heavy atom. The molecule has 0 saturated heterocycles. The number of hydrogen-bond acceptors (Lipinski definition) is 2. The zero-order valence-electron chi connectivity index (χ0n) is 5.46. The summed E-state index contributed by atoms with van der Waals surface area (Å²) in [5.74, 6) is 0. The molecule has 0 heterocycles. The molecule has 1 aromatic carbocycles. The maximum atomic E-state index is 10.8. The van der Waals surface area contributed by atoms with Crippen LogP contribution in [0.2, 0.25) is 0 Å². The second kappa shape index (κ2) is 2.42. The monoisotopic (exact) mass is 154 g/mol. The molecule has 0 aliphatic heterocycles. The molecule has 3 heteroatoms. The highest BCUT2D eigenvalue weighted by Gasteiger charge is 2.03. The van der Waals surface area contributed by atoms with Crippen molar-refractivity contribution in [2.75, 3.05) is 6.26 Å². The Bertz CT molecular complexity index is 300. The first-order chi connectivity index (χ1) is 4.61. The summed E-state index contributed by atoms with van der Waals surface area (Å²) in [5, 5.41) is 0. The van der Waals surface area contributed by atoms with Crippen molar-refractivity contribution >= 4 is 9.84 Å². The lowest BCUT2D eigenvalue weighted by Crippen LogP contribution is -1.95. The van der Waals surface area contributed by atoms with Crippen molar-refractivity contribution in [3.8, 4) is 0 Å². The van der Waals surface area contributed by atoms with E-state index in [2.05, 4.69) is 12.1 Å². The van der Waals surface area contributed by atoms with Crippen LogP contribution in [-0.2, 0) is 9.84 Å². The molecule has 0 amide bonds. The summed E-state index contributed by atoms with van der Waals surface area (Å²) in [6, 6.07) is 9.77. The fourth-order valence-electron chi connectivity index (χ4n) is 0.551. The third-order valence-corrected chi connectivity index (χ3v) is 2.05. The van der Waals surface area contributed by atoms with Crippen molar-refractivity contribution in [3.63, 3.8) is 0 Å². The van der Waals surface area contributed by atoms with Crippen LogP contribution in [0.4, 0.5) is 0 Å². The molecule has 0 aliphatic rings. The Kier molecular flexibility index (Phi) is 1.76. The summed E-state index contributed by atoms with van der Waals surface area (Å²) in [5.41, 5.74) is 0. The molecule has 0 aromatic heterocycles. The Morgan fingerprint density at radius 1 is 1.40 bits per heavy atom. The predicted molar refractivity (Wildman–Crippen MR) is 37.2 cm³/mol. The van der Waals surface area contributed by atoms with Crippen LogP contribution < -0.4 is 0 Å². The van der Waals surface area contributed by atoms with Gasteiger partial charge in [-0.25, -0.2) is 8.42 Å². The summed E-state index contributed by atoms with van der Waals surface area (Å²) in [7, 11) is -3.09. The number of rotatable bonds is 1. The molecule has 1 aromatic rings. The van der Waals surface area contributed by atoms with Crippen molar-refractivity contribution in [1.82, 2.24) is 0 Å². The van der Waals surface area contributed by atoms with Crippen LogP contribution in [0.3, 0.4) is 0 Å². The lowest BCUT2D eigenvalue weighted by atomic mass is 10.4. The molecule has 2 nitrogen and oxygen atoms in total. The van der Waals surface area contributed by atoms with Gasteiger partial charge in [0.25, 0.3) is 0 Å². The van der Waals surface area contributed by atoms with Gasteiger partial charge in [0.2, 0.25) is 0 Å². The van der Waals surface area contributed by atoms with E-state index in [0.717, 1.165) is 6.26 Å². The van der Waals surface area contributed by atoms with Crippen LogP contribution in [-0.4, -0.2) is 14.7 Å². The molecule has 1 rings (SSSR count). The Morgan fingerprint density at radius 2 is 2.10 bits per heavy atom. The van der Waals surface area contributed by atoms with Gasteiger partial charge in [-0.2, -0.15) is 0 Å². The van der Waals surface area contributed by atoms with Crippen LogP contribution in [0.5, 0.6) is 0 Å². The lowest BCUT2D eigenvalue weighted by Gasteiger charge is -1.92. The van der Waals surface area contributed by atoms with Crippen molar-refractivity contribution in [1.29, 1.82) is 0 Å². The molecule has 2 radical (unpaired) electrons. The number of benzene rings is 1. The first-order valence-electron chi connectivity index (χ1n) is 2.68. The molecule has 0 saturated carbocycles. The number of hydrogen-bond donors (Lipinski definition) is 0. The molecule has 52 valence electrons. The van der Waals surface area contributed by atoms with Crippen LogP contribution in [0.15, 0.2) is 23.1 Å². The number of sulfone groups is 1. The van der Waals surface area contributed by atoms with Crippen LogP contribution in [0.1, 0.15) is 0 Å². The summed E-state index contributed by atoms with van der Waals surface area (Å²) in [6.07, 6.45) is 1.15. The van der Waals surface area contributed by atoms with Gasteiger partial charge in [0.1, 0.15) is 0 Å². The molecule has 0 atom stereocenters. The maximum Gasteiger partial charge on any atom is 0.176 e. The Labute approximate surface area is 60.4 Å². The highest BCUT2D eigenvalue weighted by Crippen LogP contribution is 2.04. The molecule has 0 fully saturated rings. The van der Waals surface area contributed by atoms with Gasteiger partial charge in [0.05, 0.1) is 4.90 Å². The van der Waals surface area contributed by atoms with Crippen molar-refractivity contribution in [2.24, 2.45) is 0 Å². The molecule has 0 N–H and O–H groups in total. The minimum absolute atomic E-state index is 0.190. The van der Waals surface area contributed by atoms with E-state index < -0.39 is 9.84 Å². The van der Waals surface area contributed by atoms with E-state index in [4.69, 9.17) is 0 Å². The second-order valence-electron chi connectivity index (χ2n) is 1.93. The normalized spacial score (nSPS) is 11.3. The average Bonchev–Trinajstić information content (AvgIpc) is 1.88. The topological polar surface area (TPSA) is 34.1 Å². The van der Waals surface area contributed by atoms with E-state index in [-0.39, 0.29) is 4.90 Å². The van der Waals surface area contributed by atoms with Gasteiger partial charge < -0.3 is 0 Å². The largest absolute Gasteiger partial charge is 0.224 e. The molecule has 0 unspecified atom stereocenters. The van der Waals surface area contributed by atoms with E-state index in [9.17, 15) is 8.42 Å². The van der Waals surface area contributed by atoms with Crippen LogP contribution in [0.25, 0.3) is 0 Å². The highest BCUT2D eigenvalue weighted by atomic mass is 32.2. The summed E-state index contributed by atoms with van der Waals surface area (Å²) >= 11 is 0. The van der Waals surface area contributed by atoms with Gasteiger partial charge in [-0.15, -0.1) is 0 Å². The first-order valence-corrected chi connectivity index (χ1v) is 4.58. The van der Waals surface area contributed by atoms with Crippen LogP contribution in [0, 0.1) is 12.1 Å². The van der Waals surface area contributed by atoms with Gasteiger partial charge in [0, 0.05) is 12.3 Å². The van der Waals surface area contributed by atoms with Crippen molar-refractivity contribution < 1.29 is 8.42 Å². The maximum absolute atomic E-state index is 10.8. The minimum atomic E-state index is -3.09. The summed E-state index contributed by atoms with van der Waals surface area (Å²) < 4.78 is 21.6. The SMILES string of the molecule is CS(=O)(=O)c1[c]cc[c]c1. The quantitative estimate of drug-likeness (QED) is 0.596. The predicted octanol–water partition coefficient (Wildman–Crippen LogP) is 0.690. The van der Waals surface area contributed by atoms with Crippen LogP contribution >= 0.6 is 0 Å². The van der Waals surface area contributed by atoms with E-state index in [1.165, 1.54) is 12.1 Å². The van der Waals surface area contributed by atoms with Gasteiger partial charge in [-0.3, -0.25) is 0 Å². The third-order valence-electron chi connectivity index (χ3n) is 1.02. The summed E-state index contributed by atoms with van der Waals surface area (Å²) in [6.45, 7) is 0. The standard InChI is InChI=1S/C7H6O2S/c1-10(8,9)7-5-3-2-4-6-7/h2-3,6H,1H3. The summed E-state index contributed by atoms with van der Waals surface area (Å²) in [4.78, 5) is 0.190. The first kappa shape index (κ1) is 7.28. The van der Waals surface area contributed by atoms with Gasteiger partial charge in [-0.05, 0) is 12.1 Å². The zero-order valence-corrected chi connectivity index (χ0v) is 6.27. The Hall–Kier alpha value is -0.830. The van der Waals surface area contributed by atoms with E-state index in [0.29, 0.717) is 0 Å². The second-order valence-corrected chi connectivity index (χ2v) is 3.91. The highest BCUT2D eigenvalue weighted by molar-refractivity contribution is 7.90. The van der Waals surface area contributed by atoms with E-state index in [1.807, 2.05) is 0 Å². The molecular weight excluding hydrogens is 148 g/mol. The molecule has 0 aliphatic carbocycles.